The van der Waals surface area contributed by atoms with Crippen LogP contribution in [0.3, 0.4) is 0 Å². The van der Waals surface area contributed by atoms with Crippen molar-refractivity contribution in [1.29, 1.82) is 5.26 Å². The van der Waals surface area contributed by atoms with Crippen molar-refractivity contribution in [3.63, 3.8) is 0 Å². The van der Waals surface area contributed by atoms with Gasteiger partial charge in [-0.3, -0.25) is 4.90 Å². The lowest BCUT2D eigenvalue weighted by atomic mass is 9.85. The van der Waals surface area contributed by atoms with E-state index in [1.54, 1.807) is 6.26 Å². The zero-order valence-corrected chi connectivity index (χ0v) is 9.94. The van der Waals surface area contributed by atoms with E-state index in [4.69, 9.17) is 9.68 Å². The van der Waals surface area contributed by atoms with Gasteiger partial charge in [0.15, 0.2) is 0 Å². The second kappa shape index (κ2) is 4.31. The molecule has 0 N–H and O–H groups in total. The van der Waals surface area contributed by atoms with Crippen molar-refractivity contribution in [1.82, 2.24) is 4.90 Å². The molecule has 3 nitrogen and oxygen atoms in total. The third-order valence-corrected chi connectivity index (χ3v) is 3.51. The van der Waals surface area contributed by atoms with Crippen molar-refractivity contribution < 1.29 is 4.42 Å². The Bertz CT molecular complexity index is 375. The van der Waals surface area contributed by atoms with Crippen molar-refractivity contribution in [2.45, 2.75) is 38.8 Å². The highest BCUT2D eigenvalue weighted by Crippen LogP contribution is 2.31. The number of hydrogen-bond acceptors (Lipinski definition) is 3. The van der Waals surface area contributed by atoms with Gasteiger partial charge in [-0.05, 0) is 38.8 Å². The van der Waals surface area contributed by atoms with E-state index < -0.39 is 0 Å². The van der Waals surface area contributed by atoms with Gasteiger partial charge in [0.25, 0.3) is 0 Å². The van der Waals surface area contributed by atoms with Gasteiger partial charge in [0, 0.05) is 12.1 Å². The quantitative estimate of drug-likeness (QED) is 0.766. The van der Waals surface area contributed by atoms with E-state index in [2.05, 4.69) is 24.8 Å². The van der Waals surface area contributed by atoms with Crippen molar-refractivity contribution in [2.24, 2.45) is 5.92 Å². The first-order valence-corrected chi connectivity index (χ1v) is 5.79. The summed E-state index contributed by atoms with van der Waals surface area (Å²) in [6, 6.07) is 6.28. The second-order valence-corrected chi connectivity index (χ2v) is 5.14. The van der Waals surface area contributed by atoms with E-state index in [1.165, 1.54) is 0 Å². The van der Waals surface area contributed by atoms with Gasteiger partial charge in [-0.2, -0.15) is 5.26 Å². The van der Waals surface area contributed by atoms with Crippen molar-refractivity contribution in [2.75, 3.05) is 6.54 Å². The Morgan fingerprint density at radius 1 is 1.62 bits per heavy atom. The molecule has 1 fully saturated rings. The lowest BCUT2D eigenvalue weighted by Crippen LogP contribution is -2.49. The molecule has 1 saturated heterocycles. The SMILES string of the molecule is CC1(C)CCC(C#N)CN1Cc1ccco1. The molecule has 0 aliphatic carbocycles. The first-order chi connectivity index (χ1) is 7.62. The Morgan fingerprint density at radius 2 is 2.44 bits per heavy atom. The molecule has 2 heterocycles. The average Bonchev–Trinajstić information content (AvgIpc) is 2.74. The van der Waals surface area contributed by atoms with Gasteiger partial charge >= 0.3 is 0 Å². The van der Waals surface area contributed by atoms with Gasteiger partial charge < -0.3 is 4.42 Å². The number of furan rings is 1. The van der Waals surface area contributed by atoms with Crippen LogP contribution in [-0.2, 0) is 6.54 Å². The standard InChI is InChI=1S/C13H18N2O/c1-13(2)6-5-11(8-14)9-15(13)10-12-4-3-7-16-12/h3-4,7,11H,5-6,9-10H2,1-2H3. The minimum atomic E-state index is 0.167. The van der Waals surface area contributed by atoms with E-state index in [-0.39, 0.29) is 11.5 Å². The summed E-state index contributed by atoms with van der Waals surface area (Å²) in [5.74, 6) is 1.15. The zero-order valence-electron chi connectivity index (χ0n) is 9.94. The van der Waals surface area contributed by atoms with Gasteiger partial charge in [0.1, 0.15) is 5.76 Å². The summed E-state index contributed by atoms with van der Waals surface area (Å²) < 4.78 is 5.37. The lowest BCUT2D eigenvalue weighted by Gasteiger charge is -2.43. The summed E-state index contributed by atoms with van der Waals surface area (Å²) in [5, 5.41) is 9.00. The third-order valence-electron chi connectivity index (χ3n) is 3.51. The molecule has 2 rings (SSSR count). The zero-order chi connectivity index (χ0) is 11.6. The Balaban J connectivity index is 2.07. The van der Waals surface area contributed by atoms with Crippen LogP contribution in [0.1, 0.15) is 32.4 Å². The summed E-state index contributed by atoms with van der Waals surface area (Å²) in [6.07, 6.45) is 3.79. The summed E-state index contributed by atoms with van der Waals surface area (Å²) >= 11 is 0. The summed E-state index contributed by atoms with van der Waals surface area (Å²) in [5.41, 5.74) is 0.167. The number of nitriles is 1. The fraction of sp³-hybridized carbons (Fsp3) is 0.615. The van der Waals surface area contributed by atoms with Gasteiger partial charge in [0.2, 0.25) is 0 Å². The summed E-state index contributed by atoms with van der Waals surface area (Å²) in [4.78, 5) is 2.35. The van der Waals surface area contributed by atoms with Crippen LogP contribution in [0, 0.1) is 17.2 Å². The number of nitrogens with zero attached hydrogens (tertiary/aromatic N) is 2. The number of hydrogen-bond donors (Lipinski definition) is 0. The van der Waals surface area contributed by atoms with E-state index in [0.29, 0.717) is 0 Å². The summed E-state index contributed by atoms with van der Waals surface area (Å²) in [6.45, 7) is 6.13. The number of piperidine rings is 1. The van der Waals surface area contributed by atoms with Gasteiger partial charge in [-0.15, -0.1) is 0 Å². The van der Waals surface area contributed by atoms with Crippen molar-refractivity contribution in [3.05, 3.63) is 24.2 Å². The molecule has 1 aromatic heterocycles. The fourth-order valence-corrected chi connectivity index (χ4v) is 2.26. The van der Waals surface area contributed by atoms with Crippen LogP contribution in [0.15, 0.2) is 22.8 Å². The number of rotatable bonds is 2. The molecule has 1 aliphatic rings. The molecule has 0 aromatic carbocycles. The van der Waals surface area contributed by atoms with Crippen LogP contribution in [0.4, 0.5) is 0 Å². The van der Waals surface area contributed by atoms with Crippen molar-refractivity contribution >= 4 is 0 Å². The Kier molecular flexibility index (Phi) is 3.02. The van der Waals surface area contributed by atoms with Crippen LogP contribution in [0.5, 0.6) is 0 Å². The number of likely N-dealkylation sites (tertiary alicyclic amines) is 1. The molecule has 86 valence electrons. The van der Waals surface area contributed by atoms with Crippen LogP contribution >= 0.6 is 0 Å². The molecule has 1 aromatic rings. The molecule has 0 spiro atoms. The third kappa shape index (κ3) is 2.28. The topological polar surface area (TPSA) is 40.2 Å². The maximum Gasteiger partial charge on any atom is 0.117 e. The Hall–Kier alpha value is -1.27. The molecular formula is C13H18N2O. The van der Waals surface area contributed by atoms with Crippen LogP contribution in [0.2, 0.25) is 0 Å². The highest BCUT2D eigenvalue weighted by atomic mass is 16.3. The maximum absolute atomic E-state index is 9.00. The van der Waals surface area contributed by atoms with E-state index in [1.807, 2.05) is 12.1 Å². The van der Waals surface area contributed by atoms with Gasteiger partial charge in [0.05, 0.1) is 24.8 Å². The molecule has 1 aliphatic heterocycles. The Morgan fingerprint density at radius 3 is 3.06 bits per heavy atom. The lowest BCUT2D eigenvalue weighted by molar-refractivity contribution is 0.0456. The minimum Gasteiger partial charge on any atom is -0.468 e. The van der Waals surface area contributed by atoms with Crippen molar-refractivity contribution in [3.8, 4) is 6.07 Å². The molecule has 0 saturated carbocycles. The second-order valence-electron chi connectivity index (χ2n) is 5.14. The monoisotopic (exact) mass is 218 g/mol. The largest absolute Gasteiger partial charge is 0.468 e. The summed E-state index contributed by atoms with van der Waals surface area (Å²) in [7, 11) is 0. The highest BCUT2D eigenvalue weighted by Gasteiger charge is 2.34. The Labute approximate surface area is 96.7 Å². The van der Waals surface area contributed by atoms with Crippen LogP contribution in [0.25, 0.3) is 0 Å². The molecule has 0 amide bonds. The smallest absolute Gasteiger partial charge is 0.117 e. The average molecular weight is 218 g/mol. The van der Waals surface area contributed by atoms with Crippen LogP contribution < -0.4 is 0 Å². The normalized spacial score (nSPS) is 25.2. The molecule has 3 heteroatoms. The predicted octanol–water partition coefficient (Wildman–Crippen LogP) is 2.79. The predicted molar refractivity (Wildman–Crippen MR) is 61.5 cm³/mol. The molecule has 1 atom stereocenters. The van der Waals surface area contributed by atoms with E-state index >= 15 is 0 Å². The molecule has 1 unspecified atom stereocenters. The molecular weight excluding hydrogens is 200 g/mol. The molecule has 0 radical (unpaired) electrons. The molecule has 16 heavy (non-hydrogen) atoms. The minimum absolute atomic E-state index is 0.167. The molecule has 0 bridgehead atoms. The van der Waals surface area contributed by atoms with Crippen LogP contribution in [-0.4, -0.2) is 17.0 Å². The maximum atomic E-state index is 9.00. The fourth-order valence-electron chi connectivity index (χ4n) is 2.26. The van der Waals surface area contributed by atoms with E-state index in [9.17, 15) is 0 Å². The van der Waals surface area contributed by atoms with E-state index in [0.717, 1.165) is 31.7 Å². The highest BCUT2D eigenvalue weighted by molar-refractivity contribution is 5.02. The first kappa shape index (κ1) is 11.2. The van der Waals surface area contributed by atoms with Gasteiger partial charge in [-0.25, -0.2) is 0 Å². The van der Waals surface area contributed by atoms with Gasteiger partial charge in [-0.1, -0.05) is 0 Å². The first-order valence-electron chi connectivity index (χ1n) is 5.79.